The van der Waals surface area contributed by atoms with Crippen molar-refractivity contribution in [3.8, 4) is 5.75 Å². The van der Waals surface area contributed by atoms with Gasteiger partial charge in [-0.1, -0.05) is 42.5 Å². The maximum atomic E-state index is 13.4. The minimum atomic E-state index is -3.62. The van der Waals surface area contributed by atoms with E-state index in [4.69, 9.17) is 4.74 Å². The SMILES string of the molecule is O=S1(=O)c2ccccc2O[C@@H]2CCNCC[C@H]2N1Cc1ccccc1. The Balaban J connectivity index is 1.81. The number of hydrogen-bond donors (Lipinski definition) is 1. The van der Waals surface area contributed by atoms with Crippen LogP contribution in [-0.2, 0) is 16.6 Å². The summed E-state index contributed by atoms with van der Waals surface area (Å²) in [6, 6.07) is 16.6. The van der Waals surface area contributed by atoms with Crippen LogP contribution in [0.5, 0.6) is 5.75 Å². The lowest BCUT2D eigenvalue weighted by atomic mass is 10.1. The minimum Gasteiger partial charge on any atom is -0.487 e. The third kappa shape index (κ3) is 3.17. The Morgan fingerprint density at radius 1 is 1.00 bits per heavy atom. The number of nitrogens with zero attached hydrogens (tertiary/aromatic N) is 1. The summed E-state index contributed by atoms with van der Waals surface area (Å²) in [5.41, 5.74) is 0.987. The summed E-state index contributed by atoms with van der Waals surface area (Å²) in [5, 5.41) is 3.36. The Hall–Kier alpha value is -1.89. The largest absolute Gasteiger partial charge is 0.487 e. The van der Waals surface area contributed by atoms with Gasteiger partial charge in [-0.05, 0) is 43.6 Å². The van der Waals surface area contributed by atoms with Crippen LogP contribution in [0.2, 0.25) is 0 Å². The number of nitrogens with one attached hydrogen (secondary N) is 1. The maximum Gasteiger partial charge on any atom is 0.247 e. The molecular weight excluding hydrogens is 336 g/mol. The van der Waals surface area contributed by atoms with E-state index < -0.39 is 10.0 Å². The molecule has 132 valence electrons. The third-order valence-electron chi connectivity index (χ3n) is 4.92. The van der Waals surface area contributed by atoms with E-state index in [1.54, 1.807) is 22.5 Å². The predicted octanol–water partition coefficient (Wildman–Crippen LogP) is 2.39. The van der Waals surface area contributed by atoms with E-state index in [0.717, 1.165) is 31.5 Å². The van der Waals surface area contributed by atoms with Gasteiger partial charge >= 0.3 is 0 Å². The predicted molar refractivity (Wildman–Crippen MR) is 95.9 cm³/mol. The number of benzene rings is 2. The van der Waals surface area contributed by atoms with Crippen molar-refractivity contribution in [1.29, 1.82) is 0 Å². The third-order valence-corrected chi connectivity index (χ3v) is 6.83. The first-order valence-corrected chi connectivity index (χ1v) is 10.1. The molecule has 2 aliphatic rings. The van der Waals surface area contributed by atoms with Gasteiger partial charge in [0.1, 0.15) is 16.7 Å². The molecule has 2 aromatic carbocycles. The molecule has 2 heterocycles. The Kier molecular flexibility index (Phi) is 4.50. The van der Waals surface area contributed by atoms with Crippen LogP contribution < -0.4 is 10.1 Å². The lowest BCUT2D eigenvalue weighted by molar-refractivity contribution is 0.111. The smallest absolute Gasteiger partial charge is 0.247 e. The van der Waals surface area contributed by atoms with E-state index >= 15 is 0 Å². The zero-order valence-electron chi connectivity index (χ0n) is 14.0. The number of para-hydroxylation sites is 1. The highest BCUT2D eigenvalue weighted by atomic mass is 32.2. The van der Waals surface area contributed by atoms with Crippen molar-refractivity contribution < 1.29 is 13.2 Å². The Morgan fingerprint density at radius 2 is 1.72 bits per heavy atom. The second kappa shape index (κ2) is 6.78. The molecule has 5 nitrogen and oxygen atoms in total. The highest BCUT2D eigenvalue weighted by molar-refractivity contribution is 7.89. The molecule has 1 saturated heterocycles. The van der Waals surface area contributed by atoms with Gasteiger partial charge in [0, 0.05) is 6.54 Å². The Morgan fingerprint density at radius 3 is 2.56 bits per heavy atom. The maximum absolute atomic E-state index is 13.4. The number of rotatable bonds is 2. The average Bonchev–Trinajstić information content (AvgIpc) is 2.89. The fraction of sp³-hybridized carbons (Fsp3) is 0.368. The molecule has 0 radical (unpaired) electrons. The molecule has 6 heteroatoms. The zero-order chi connectivity index (χ0) is 17.3. The summed E-state index contributed by atoms with van der Waals surface area (Å²) >= 11 is 0. The van der Waals surface area contributed by atoms with Gasteiger partial charge in [-0.3, -0.25) is 0 Å². The molecule has 0 saturated carbocycles. The van der Waals surface area contributed by atoms with Crippen molar-refractivity contribution in [3.05, 3.63) is 60.2 Å². The summed E-state index contributed by atoms with van der Waals surface area (Å²) in [7, 11) is -3.62. The minimum absolute atomic E-state index is 0.142. The molecule has 0 aliphatic carbocycles. The van der Waals surface area contributed by atoms with E-state index in [1.807, 2.05) is 36.4 Å². The standard InChI is InChI=1S/C19H22N2O3S/c22-25(23)19-9-5-4-8-18(19)24-17-11-13-20-12-10-16(17)21(25)14-15-6-2-1-3-7-15/h1-9,16-17,20H,10-14H2/t16-,17-/m1/s1. The monoisotopic (exact) mass is 358 g/mol. The van der Waals surface area contributed by atoms with Crippen molar-refractivity contribution in [2.45, 2.75) is 36.4 Å². The van der Waals surface area contributed by atoms with Crippen molar-refractivity contribution in [1.82, 2.24) is 9.62 Å². The average molecular weight is 358 g/mol. The molecule has 0 aromatic heterocycles. The highest BCUT2D eigenvalue weighted by Crippen LogP contribution is 2.36. The fourth-order valence-electron chi connectivity index (χ4n) is 3.66. The van der Waals surface area contributed by atoms with Crippen LogP contribution in [-0.4, -0.2) is 38.0 Å². The van der Waals surface area contributed by atoms with E-state index in [9.17, 15) is 8.42 Å². The van der Waals surface area contributed by atoms with Gasteiger partial charge in [-0.15, -0.1) is 0 Å². The normalized spacial score (nSPS) is 25.8. The summed E-state index contributed by atoms with van der Waals surface area (Å²) in [4.78, 5) is 0.270. The number of sulfonamides is 1. The van der Waals surface area contributed by atoms with E-state index in [1.165, 1.54) is 0 Å². The lowest BCUT2D eigenvalue weighted by Gasteiger charge is -2.31. The van der Waals surface area contributed by atoms with Crippen molar-refractivity contribution in [2.75, 3.05) is 13.1 Å². The number of ether oxygens (including phenoxy) is 1. The van der Waals surface area contributed by atoms with E-state index in [-0.39, 0.29) is 17.0 Å². The molecule has 0 bridgehead atoms. The van der Waals surface area contributed by atoms with Gasteiger partial charge in [0.25, 0.3) is 0 Å². The zero-order valence-corrected chi connectivity index (χ0v) is 14.8. The molecule has 0 unspecified atom stereocenters. The summed E-state index contributed by atoms with van der Waals surface area (Å²) < 4.78 is 34.7. The van der Waals surface area contributed by atoms with Crippen molar-refractivity contribution in [3.63, 3.8) is 0 Å². The van der Waals surface area contributed by atoms with Crippen molar-refractivity contribution in [2.24, 2.45) is 0 Å². The van der Waals surface area contributed by atoms with Gasteiger partial charge in [-0.2, -0.15) is 4.31 Å². The van der Waals surface area contributed by atoms with Crippen LogP contribution in [0.15, 0.2) is 59.5 Å². The number of hydrogen-bond acceptors (Lipinski definition) is 4. The van der Waals surface area contributed by atoms with Gasteiger partial charge in [0.05, 0.1) is 6.04 Å². The summed E-state index contributed by atoms with van der Waals surface area (Å²) in [6.07, 6.45) is 1.39. The second-order valence-electron chi connectivity index (χ2n) is 6.53. The highest BCUT2D eigenvalue weighted by Gasteiger charge is 2.42. The Bertz CT molecular complexity index is 839. The van der Waals surface area contributed by atoms with Gasteiger partial charge < -0.3 is 10.1 Å². The van der Waals surface area contributed by atoms with E-state index in [0.29, 0.717) is 12.3 Å². The first-order chi connectivity index (χ1) is 12.2. The quantitative estimate of drug-likeness (QED) is 0.896. The van der Waals surface area contributed by atoms with Crippen LogP contribution in [0.4, 0.5) is 0 Å². The molecule has 1 N–H and O–H groups in total. The lowest BCUT2D eigenvalue weighted by Crippen LogP contribution is -2.46. The molecule has 2 aromatic rings. The number of fused-ring (bicyclic) bond motifs is 2. The molecule has 1 fully saturated rings. The summed E-state index contributed by atoms with van der Waals surface area (Å²) in [5.74, 6) is 0.468. The topological polar surface area (TPSA) is 58.6 Å². The van der Waals surface area contributed by atoms with Crippen LogP contribution in [0.1, 0.15) is 18.4 Å². The first kappa shape index (κ1) is 16.6. The summed E-state index contributed by atoms with van der Waals surface area (Å²) in [6.45, 7) is 1.99. The molecule has 2 atom stereocenters. The van der Waals surface area contributed by atoms with Crippen LogP contribution in [0.25, 0.3) is 0 Å². The first-order valence-electron chi connectivity index (χ1n) is 8.68. The van der Waals surface area contributed by atoms with Crippen LogP contribution >= 0.6 is 0 Å². The van der Waals surface area contributed by atoms with Crippen molar-refractivity contribution >= 4 is 10.0 Å². The Labute approximate surface area is 148 Å². The molecule has 0 spiro atoms. The molecule has 0 amide bonds. The molecule has 25 heavy (non-hydrogen) atoms. The molecule has 2 aliphatic heterocycles. The van der Waals surface area contributed by atoms with Crippen LogP contribution in [0, 0.1) is 0 Å². The second-order valence-corrected chi connectivity index (χ2v) is 8.39. The fourth-order valence-corrected chi connectivity index (χ4v) is 5.45. The molecule has 4 rings (SSSR count). The van der Waals surface area contributed by atoms with E-state index in [2.05, 4.69) is 5.32 Å². The van der Waals surface area contributed by atoms with Gasteiger partial charge in [0.15, 0.2) is 0 Å². The van der Waals surface area contributed by atoms with Gasteiger partial charge in [-0.25, -0.2) is 8.42 Å². The molecular formula is C19H22N2O3S. The van der Waals surface area contributed by atoms with Gasteiger partial charge in [0.2, 0.25) is 10.0 Å². The van der Waals surface area contributed by atoms with Crippen LogP contribution in [0.3, 0.4) is 0 Å².